The van der Waals surface area contributed by atoms with Gasteiger partial charge in [0.15, 0.2) is 11.5 Å². The van der Waals surface area contributed by atoms with Crippen molar-refractivity contribution < 1.29 is 22.7 Å². The Morgan fingerprint density at radius 2 is 1.54 bits per heavy atom. The van der Waals surface area contributed by atoms with Gasteiger partial charge in [-0.05, 0) is 56.7 Å². The van der Waals surface area contributed by atoms with Gasteiger partial charge in [-0.1, -0.05) is 12.1 Å². The Labute approximate surface area is 206 Å². The van der Waals surface area contributed by atoms with Gasteiger partial charge < -0.3 is 18.9 Å². The highest BCUT2D eigenvalue weighted by Crippen LogP contribution is 2.31. The number of ether oxygens (including phenoxy) is 2. The van der Waals surface area contributed by atoms with Gasteiger partial charge in [0.25, 0.3) is 5.91 Å². The number of hydrogen-bond acceptors (Lipinski definition) is 5. The average molecular weight is 498 g/mol. The lowest BCUT2D eigenvalue weighted by atomic mass is 10.2. The minimum Gasteiger partial charge on any atom is -0.493 e. The molecule has 0 atom stereocenters. The molecule has 1 fully saturated rings. The molecule has 1 saturated heterocycles. The van der Waals surface area contributed by atoms with Crippen LogP contribution in [0.2, 0.25) is 0 Å². The first-order chi connectivity index (χ1) is 16.7. The first-order valence-electron chi connectivity index (χ1n) is 11.4. The van der Waals surface area contributed by atoms with Crippen molar-refractivity contribution in [3.05, 3.63) is 71.0 Å². The number of aryl methyl sites for hydroxylation is 2. The Morgan fingerprint density at radius 1 is 0.857 bits per heavy atom. The van der Waals surface area contributed by atoms with Crippen LogP contribution in [0.5, 0.6) is 11.5 Å². The molecule has 0 saturated carbocycles. The van der Waals surface area contributed by atoms with Crippen LogP contribution >= 0.6 is 0 Å². The summed E-state index contributed by atoms with van der Waals surface area (Å²) in [5, 5.41) is 0. The van der Waals surface area contributed by atoms with Crippen LogP contribution in [-0.4, -0.2) is 68.5 Å². The Bertz CT molecular complexity index is 1360. The number of benzene rings is 2. The van der Waals surface area contributed by atoms with E-state index in [1.54, 1.807) is 11.0 Å². The second-order valence-corrected chi connectivity index (χ2v) is 10.6. The molecule has 186 valence electrons. The van der Waals surface area contributed by atoms with E-state index in [0.717, 1.165) is 22.6 Å². The molecule has 2 aromatic carbocycles. The molecule has 3 aromatic rings. The van der Waals surface area contributed by atoms with Crippen LogP contribution < -0.4 is 9.47 Å². The molecule has 1 amide bonds. The van der Waals surface area contributed by atoms with Crippen LogP contribution in [0.3, 0.4) is 0 Å². The van der Waals surface area contributed by atoms with E-state index in [1.165, 1.54) is 30.7 Å². The van der Waals surface area contributed by atoms with Gasteiger partial charge >= 0.3 is 0 Å². The average Bonchev–Trinajstić information content (AvgIpc) is 3.16. The van der Waals surface area contributed by atoms with Crippen LogP contribution in [0.4, 0.5) is 0 Å². The quantitative estimate of drug-likeness (QED) is 0.520. The lowest BCUT2D eigenvalue weighted by molar-refractivity contribution is 0.0697. The van der Waals surface area contributed by atoms with Gasteiger partial charge in [-0.3, -0.25) is 4.79 Å². The molecule has 1 aliphatic heterocycles. The molecule has 0 spiro atoms. The van der Waals surface area contributed by atoms with E-state index in [0.29, 0.717) is 30.2 Å². The fourth-order valence-electron chi connectivity index (χ4n) is 4.57. The molecular weight excluding hydrogens is 466 g/mol. The van der Waals surface area contributed by atoms with Crippen molar-refractivity contribution in [2.75, 3.05) is 40.4 Å². The second-order valence-electron chi connectivity index (χ2n) is 8.67. The summed E-state index contributed by atoms with van der Waals surface area (Å²) in [4.78, 5) is 15.2. The maximum atomic E-state index is 13.4. The van der Waals surface area contributed by atoms with Crippen molar-refractivity contribution in [2.24, 2.45) is 0 Å². The number of rotatable bonds is 6. The third-order valence-corrected chi connectivity index (χ3v) is 8.33. The van der Waals surface area contributed by atoms with Crippen molar-refractivity contribution in [1.29, 1.82) is 0 Å². The number of nitrogens with zero attached hydrogens (tertiary/aromatic N) is 3. The van der Waals surface area contributed by atoms with Crippen molar-refractivity contribution in [3.8, 4) is 17.2 Å². The van der Waals surface area contributed by atoms with Crippen LogP contribution in [0.1, 0.15) is 27.3 Å². The highest BCUT2D eigenvalue weighted by molar-refractivity contribution is 7.89. The maximum absolute atomic E-state index is 13.4. The van der Waals surface area contributed by atoms with E-state index in [2.05, 4.69) is 10.6 Å². The van der Waals surface area contributed by atoms with Gasteiger partial charge in [0.1, 0.15) is 0 Å². The number of methoxy groups -OCH3 is 2. The van der Waals surface area contributed by atoms with Gasteiger partial charge in [0.05, 0.1) is 24.7 Å². The summed E-state index contributed by atoms with van der Waals surface area (Å²) in [7, 11) is -0.761. The predicted molar refractivity (Wildman–Crippen MR) is 134 cm³/mol. The van der Waals surface area contributed by atoms with Gasteiger partial charge in [0, 0.05) is 49.3 Å². The minimum absolute atomic E-state index is 0.0832. The van der Waals surface area contributed by atoms with Crippen LogP contribution in [-0.2, 0) is 10.0 Å². The molecule has 4 rings (SSSR count). The van der Waals surface area contributed by atoms with E-state index in [4.69, 9.17) is 9.47 Å². The van der Waals surface area contributed by atoms with E-state index >= 15 is 0 Å². The summed E-state index contributed by atoms with van der Waals surface area (Å²) in [6.07, 6.45) is 0. The molecule has 9 heteroatoms. The molecule has 35 heavy (non-hydrogen) atoms. The smallest absolute Gasteiger partial charge is 0.255 e. The van der Waals surface area contributed by atoms with Crippen molar-refractivity contribution in [3.63, 3.8) is 0 Å². The molecule has 0 bridgehead atoms. The van der Waals surface area contributed by atoms with Crippen LogP contribution in [0.15, 0.2) is 53.4 Å². The highest BCUT2D eigenvalue weighted by atomic mass is 32.2. The normalized spacial score (nSPS) is 14.7. The molecule has 0 unspecified atom stereocenters. The maximum Gasteiger partial charge on any atom is 0.255 e. The lowest BCUT2D eigenvalue weighted by Gasteiger charge is -2.34. The number of hydrogen-bond donors (Lipinski definition) is 0. The van der Waals surface area contributed by atoms with Crippen LogP contribution in [0.25, 0.3) is 5.69 Å². The van der Waals surface area contributed by atoms with Crippen molar-refractivity contribution in [1.82, 2.24) is 13.8 Å². The van der Waals surface area contributed by atoms with Crippen LogP contribution in [0, 0.1) is 20.8 Å². The van der Waals surface area contributed by atoms with Crippen molar-refractivity contribution >= 4 is 15.9 Å². The monoisotopic (exact) mass is 497 g/mol. The fourth-order valence-corrected chi connectivity index (χ4v) is 6.01. The largest absolute Gasteiger partial charge is 0.493 e. The lowest BCUT2D eigenvalue weighted by Crippen LogP contribution is -2.50. The highest BCUT2D eigenvalue weighted by Gasteiger charge is 2.32. The third kappa shape index (κ3) is 4.66. The third-order valence-electron chi connectivity index (χ3n) is 6.44. The zero-order valence-corrected chi connectivity index (χ0v) is 21.6. The summed E-state index contributed by atoms with van der Waals surface area (Å²) in [6.45, 7) is 7.05. The SMILES string of the molecule is COc1ccc(S(=O)(=O)N2CCN(C(=O)c3cc(C)n(-c4cccc(C)c4)c3C)CC2)cc1OC. The zero-order valence-electron chi connectivity index (χ0n) is 20.7. The first-order valence-corrected chi connectivity index (χ1v) is 12.9. The zero-order chi connectivity index (χ0) is 25.3. The van der Waals surface area contributed by atoms with Gasteiger partial charge in [-0.15, -0.1) is 0 Å². The molecule has 0 aliphatic carbocycles. The Kier molecular flexibility index (Phi) is 6.91. The Morgan fingerprint density at radius 3 is 2.17 bits per heavy atom. The van der Waals surface area contributed by atoms with Crippen molar-refractivity contribution in [2.45, 2.75) is 25.7 Å². The van der Waals surface area contributed by atoms with Gasteiger partial charge in [-0.25, -0.2) is 8.42 Å². The summed E-state index contributed by atoms with van der Waals surface area (Å²) in [6, 6.07) is 14.6. The summed E-state index contributed by atoms with van der Waals surface area (Å²) < 4.78 is 40.4. The molecule has 1 aliphatic rings. The number of sulfonamides is 1. The number of piperazine rings is 1. The van der Waals surface area contributed by atoms with E-state index in [-0.39, 0.29) is 23.9 Å². The number of amides is 1. The van der Waals surface area contributed by atoms with E-state index in [9.17, 15) is 13.2 Å². The molecule has 8 nitrogen and oxygen atoms in total. The molecular formula is C26H31N3O5S. The van der Waals surface area contributed by atoms with Gasteiger partial charge in [-0.2, -0.15) is 4.31 Å². The predicted octanol–water partition coefficient (Wildman–Crippen LogP) is 3.57. The fraction of sp³-hybridized carbons (Fsp3) is 0.346. The number of carbonyl (C=O) groups excluding carboxylic acids is 1. The topological polar surface area (TPSA) is 81.1 Å². The summed E-state index contributed by atoms with van der Waals surface area (Å²) >= 11 is 0. The summed E-state index contributed by atoms with van der Waals surface area (Å²) in [5.41, 5.74) is 4.66. The first kappa shape index (κ1) is 24.8. The number of carbonyl (C=O) groups is 1. The Balaban J connectivity index is 1.50. The van der Waals surface area contributed by atoms with Gasteiger partial charge in [0.2, 0.25) is 10.0 Å². The molecule has 0 N–H and O–H groups in total. The summed E-state index contributed by atoms with van der Waals surface area (Å²) in [5.74, 6) is 0.733. The standard InChI is InChI=1S/C26H31N3O5S/c1-18-7-6-8-21(15-18)29-19(2)16-23(20(29)3)26(30)27-11-13-28(14-12-27)35(31,32)22-9-10-24(33-4)25(17-22)34-5/h6-10,15-17H,11-14H2,1-5H3. The molecule has 2 heterocycles. The minimum atomic E-state index is -3.73. The van der Waals surface area contributed by atoms with E-state index < -0.39 is 10.0 Å². The second kappa shape index (κ2) is 9.75. The molecule has 0 radical (unpaired) electrons. The van der Waals surface area contributed by atoms with E-state index in [1.807, 2.05) is 45.0 Å². The number of aromatic nitrogens is 1. The molecule has 1 aromatic heterocycles. The Hall–Kier alpha value is -3.30.